The number of para-hydroxylation sites is 1. The first-order valence-electron chi connectivity index (χ1n) is 8.33. The number of hydrogen-bond acceptors (Lipinski definition) is 3. The van der Waals surface area contributed by atoms with Crippen LogP contribution in [0.25, 0.3) is 0 Å². The molecule has 3 rings (SSSR count). The SMILES string of the molecule is Cc1ccccc1C(CC(=O)O)NC(=O)C1COc2ccccc2C1. The summed E-state index contributed by atoms with van der Waals surface area (Å²) in [6, 6.07) is 14.6. The molecule has 0 aliphatic carbocycles. The number of nitrogens with one attached hydrogen (secondary N) is 1. The van der Waals surface area contributed by atoms with E-state index in [1.807, 2.05) is 55.5 Å². The Bertz CT molecular complexity index is 787. The minimum absolute atomic E-state index is 0.152. The molecule has 1 aliphatic heterocycles. The van der Waals surface area contributed by atoms with Gasteiger partial charge in [-0.25, -0.2) is 0 Å². The van der Waals surface area contributed by atoms with E-state index in [1.165, 1.54) is 0 Å². The smallest absolute Gasteiger partial charge is 0.305 e. The Morgan fingerprint density at radius 3 is 2.68 bits per heavy atom. The highest BCUT2D eigenvalue weighted by Crippen LogP contribution is 2.28. The van der Waals surface area contributed by atoms with Crippen LogP contribution in [0, 0.1) is 12.8 Å². The number of ether oxygens (including phenoxy) is 1. The number of carboxylic acids is 1. The fourth-order valence-corrected chi connectivity index (χ4v) is 3.18. The second-order valence-electron chi connectivity index (χ2n) is 6.34. The van der Waals surface area contributed by atoms with Crippen LogP contribution in [-0.4, -0.2) is 23.6 Å². The molecule has 5 heteroatoms. The van der Waals surface area contributed by atoms with E-state index in [0.29, 0.717) is 13.0 Å². The lowest BCUT2D eigenvalue weighted by atomic mass is 9.94. The number of carbonyl (C=O) groups excluding carboxylic acids is 1. The van der Waals surface area contributed by atoms with Crippen LogP contribution in [0.2, 0.25) is 0 Å². The van der Waals surface area contributed by atoms with Crippen molar-refractivity contribution in [2.24, 2.45) is 5.92 Å². The molecule has 2 unspecified atom stereocenters. The predicted molar refractivity (Wildman–Crippen MR) is 93.4 cm³/mol. The van der Waals surface area contributed by atoms with Gasteiger partial charge >= 0.3 is 5.97 Å². The maximum absolute atomic E-state index is 12.7. The number of hydrogen-bond donors (Lipinski definition) is 2. The summed E-state index contributed by atoms with van der Waals surface area (Å²) >= 11 is 0. The van der Waals surface area contributed by atoms with Gasteiger partial charge in [0.2, 0.25) is 5.91 Å². The molecule has 0 saturated heterocycles. The van der Waals surface area contributed by atoms with Crippen LogP contribution >= 0.6 is 0 Å². The Kier molecular flexibility index (Phi) is 5.03. The standard InChI is InChI=1S/C20H21NO4/c1-13-6-2-4-8-16(13)17(11-19(22)23)21-20(24)15-10-14-7-3-5-9-18(14)25-12-15/h2-9,15,17H,10-12H2,1H3,(H,21,24)(H,22,23). The second-order valence-corrected chi connectivity index (χ2v) is 6.34. The summed E-state index contributed by atoms with van der Waals surface area (Å²) in [6.07, 6.45) is 0.441. The van der Waals surface area contributed by atoms with Gasteiger partial charge in [-0.3, -0.25) is 9.59 Å². The molecular weight excluding hydrogens is 318 g/mol. The minimum Gasteiger partial charge on any atom is -0.492 e. The Hall–Kier alpha value is -2.82. The van der Waals surface area contributed by atoms with E-state index < -0.39 is 12.0 Å². The monoisotopic (exact) mass is 339 g/mol. The lowest BCUT2D eigenvalue weighted by molar-refractivity contribution is -0.138. The Morgan fingerprint density at radius 2 is 1.92 bits per heavy atom. The highest BCUT2D eigenvalue weighted by Gasteiger charge is 2.28. The van der Waals surface area contributed by atoms with Crippen molar-refractivity contribution in [1.82, 2.24) is 5.32 Å². The van der Waals surface area contributed by atoms with Gasteiger partial charge in [0.05, 0.1) is 18.4 Å². The maximum atomic E-state index is 12.7. The van der Waals surface area contributed by atoms with Crippen molar-refractivity contribution in [3.05, 3.63) is 65.2 Å². The number of rotatable bonds is 5. The number of benzene rings is 2. The Morgan fingerprint density at radius 1 is 1.20 bits per heavy atom. The van der Waals surface area contributed by atoms with Crippen molar-refractivity contribution < 1.29 is 19.4 Å². The van der Waals surface area contributed by atoms with Crippen LogP contribution < -0.4 is 10.1 Å². The molecular formula is C20H21NO4. The molecule has 0 fully saturated rings. The highest BCUT2D eigenvalue weighted by molar-refractivity contribution is 5.81. The molecule has 1 aliphatic rings. The van der Waals surface area contributed by atoms with Gasteiger partial charge in [0.1, 0.15) is 12.4 Å². The van der Waals surface area contributed by atoms with Crippen molar-refractivity contribution in [1.29, 1.82) is 0 Å². The van der Waals surface area contributed by atoms with Crippen molar-refractivity contribution in [3.63, 3.8) is 0 Å². The van der Waals surface area contributed by atoms with E-state index in [2.05, 4.69) is 5.32 Å². The third kappa shape index (κ3) is 3.99. The highest BCUT2D eigenvalue weighted by atomic mass is 16.5. The van der Waals surface area contributed by atoms with Crippen LogP contribution in [0.1, 0.15) is 29.2 Å². The van der Waals surface area contributed by atoms with Crippen molar-refractivity contribution in [3.8, 4) is 5.75 Å². The van der Waals surface area contributed by atoms with Gasteiger partial charge in [0, 0.05) is 0 Å². The predicted octanol–water partition coefficient (Wildman–Crippen LogP) is 2.88. The first-order valence-corrected chi connectivity index (χ1v) is 8.33. The molecule has 0 bridgehead atoms. The largest absolute Gasteiger partial charge is 0.492 e. The lowest BCUT2D eigenvalue weighted by Gasteiger charge is -2.27. The molecule has 1 amide bonds. The number of carbonyl (C=O) groups is 2. The third-order valence-corrected chi connectivity index (χ3v) is 4.51. The summed E-state index contributed by atoms with van der Waals surface area (Å²) in [5.41, 5.74) is 2.79. The topological polar surface area (TPSA) is 75.6 Å². The quantitative estimate of drug-likeness (QED) is 0.878. The normalized spacial score (nSPS) is 17.1. The van der Waals surface area contributed by atoms with Gasteiger partial charge in [0.25, 0.3) is 0 Å². The van der Waals surface area contributed by atoms with Crippen molar-refractivity contribution in [2.75, 3.05) is 6.61 Å². The summed E-state index contributed by atoms with van der Waals surface area (Å²) in [5.74, 6) is -0.634. The molecule has 5 nitrogen and oxygen atoms in total. The molecule has 2 N–H and O–H groups in total. The summed E-state index contributed by atoms with van der Waals surface area (Å²) in [6.45, 7) is 2.21. The molecule has 0 aromatic heterocycles. The average molecular weight is 339 g/mol. The molecule has 0 radical (unpaired) electrons. The number of amides is 1. The summed E-state index contributed by atoms with van der Waals surface area (Å²) in [4.78, 5) is 23.9. The Labute approximate surface area is 146 Å². The summed E-state index contributed by atoms with van der Waals surface area (Å²) in [7, 11) is 0. The van der Waals surface area contributed by atoms with E-state index in [9.17, 15) is 14.7 Å². The van der Waals surface area contributed by atoms with Gasteiger partial charge in [0.15, 0.2) is 0 Å². The van der Waals surface area contributed by atoms with Crippen LogP contribution in [0.15, 0.2) is 48.5 Å². The van der Waals surface area contributed by atoms with Gasteiger partial charge < -0.3 is 15.2 Å². The molecule has 0 saturated carbocycles. The molecule has 130 valence electrons. The van der Waals surface area contributed by atoms with Crippen LogP contribution in [0.3, 0.4) is 0 Å². The lowest BCUT2D eigenvalue weighted by Crippen LogP contribution is -2.40. The Balaban J connectivity index is 1.75. The van der Waals surface area contributed by atoms with Crippen LogP contribution in [0.5, 0.6) is 5.75 Å². The van der Waals surface area contributed by atoms with E-state index >= 15 is 0 Å². The fourth-order valence-electron chi connectivity index (χ4n) is 3.18. The first-order chi connectivity index (χ1) is 12.0. The fraction of sp³-hybridized carbons (Fsp3) is 0.300. The van der Waals surface area contributed by atoms with Gasteiger partial charge in [-0.15, -0.1) is 0 Å². The molecule has 2 aromatic rings. The minimum atomic E-state index is -0.946. The summed E-state index contributed by atoms with van der Waals surface area (Å²) < 4.78 is 5.67. The van der Waals surface area contributed by atoms with Crippen molar-refractivity contribution >= 4 is 11.9 Å². The zero-order valence-corrected chi connectivity index (χ0v) is 14.1. The van der Waals surface area contributed by atoms with Gasteiger partial charge in [-0.05, 0) is 36.1 Å². The van der Waals surface area contributed by atoms with Crippen molar-refractivity contribution in [2.45, 2.75) is 25.8 Å². The van der Waals surface area contributed by atoms with Crippen LogP contribution in [0.4, 0.5) is 0 Å². The second kappa shape index (κ2) is 7.38. The zero-order chi connectivity index (χ0) is 17.8. The number of carboxylic acid groups (broad SMARTS) is 1. The first kappa shape index (κ1) is 17.0. The molecule has 2 aromatic carbocycles. The van der Waals surface area contributed by atoms with Crippen LogP contribution in [-0.2, 0) is 16.0 Å². The molecule has 25 heavy (non-hydrogen) atoms. The number of fused-ring (bicyclic) bond motifs is 1. The molecule has 1 heterocycles. The van der Waals surface area contributed by atoms with Gasteiger partial charge in [-0.2, -0.15) is 0 Å². The van der Waals surface area contributed by atoms with Gasteiger partial charge in [-0.1, -0.05) is 42.5 Å². The summed E-state index contributed by atoms with van der Waals surface area (Å²) in [5, 5.41) is 12.1. The number of aliphatic carboxylic acids is 1. The van der Waals surface area contributed by atoms with E-state index in [-0.39, 0.29) is 18.2 Å². The molecule has 2 atom stereocenters. The van der Waals surface area contributed by atoms with E-state index in [4.69, 9.17) is 4.74 Å². The van der Waals surface area contributed by atoms with E-state index in [1.54, 1.807) is 0 Å². The zero-order valence-electron chi connectivity index (χ0n) is 14.1. The maximum Gasteiger partial charge on any atom is 0.305 e. The average Bonchev–Trinajstić information content (AvgIpc) is 2.60. The third-order valence-electron chi connectivity index (χ3n) is 4.51. The molecule has 0 spiro atoms. The number of aryl methyl sites for hydroxylation is 1. The van der Waals surface area contributed by atoms with E-state index in [0.717, 1.165) is 22.4 Å².